The number of hydrogen-bond donors (Lipinski definition) is 1. The molecule has 0 spiro atoms. The lowest BCUT2D eigenvalue weighted by molar-refractivity contribution is -0.133. The number of anilines is 1. The first-order chi connectivity index (χ1) is 14.8. The van der Waals surface area contributed by atoms with E-state index in [0.717, 1.165) is 9.37 Å². The minimum Gasteiger partial charge on any atom is -0.497 e. The number of carbonyl (C=O) groups excluding carboxylic acids is 4. The maximum absolute atomic E-state index is 12.5. The normalized spacial score (nSPS) is 12.5. The second kappa shape index (κ2) is 9.74. The fourth-order valence-corrected chi connectivity index (χ4v) is 3.61. The molecule has 1 heterocycles. The van der Waals surface area contributed by atoms with Crippen molar-refractivity contribution < 1.29 is 23.9 Å². The van der Waals surface area contributed by atoms with Crippen molar-refractivity contribution in [3.63, 3.8) is 0 Å². The highest BCUT2D eigenvalue weighted by Gasteiger charge is 2.35. The second-order valence-electron chi connectivity index (χ2n) is 7.09. The molecule has 1 aliphatic heterocycles. The van der Waals surface area contributed by atoms with E-state index >= 15 is 0 Å². The van der Waals surface area contributed by atoms with Crippen molar-refractivity contribution in [3.05, 3.63) is 58.1 Å². The van der Waals surface area contributed by atoms with Crippen LogP contribution in [0.4, 0.5) is 5.69 Å². The molecule has 8 nitrogen and oxygen atoms in total. The molecule has 1 N–H and O–H groups in total. The summed E-state index contributed by atoms with van der Waals surface area (Å²) in [5.74, 6) is -0.691. The van der Waals surface area contributed by atoms with Gasteiger partial charge in [0.2, 0.25) is 11.8 Å². The van der Waals surface area contributed by atoms with E-state index in [1.54, 1.807) is 42.5 Å². The number of hydrogen-bond acceptors (Lipinski definition) is 5. The lowest BCUT2D eigenvalue weighted by Crippen LogP contribution is -2.36. The van der Waals surface area contributed by atoms with Crippen LogP contribution in [0.25, 0.3) is 0 Å². The third-order valence-corrected chi connectivity index (χ3v) is 5.36. The summed E-state index contributed by atoms with van der Waals surface area (Å²) in [4.78, 5) is 51.9. The Balaban J connectivity index is 1.47. The molecule has 0 fully saturated rings. The molecule has 0 aromatic heterocycles. The van der Waals surface area contributed by atoms with Crippen molar-refractivity contribution in [2.24, 2.45) is 0 Å². The van der Waals surface area contributed by atoms with Crippen LogP contribution in [0.1, 0.15) is 33.6 Å². The van der Waals surface area contributed by atoms with Crippen molar-refractivity contribution in [3.8, 4) is 5.75 Å². The predicted octanol–water partition coefficient (Wildman–Crippen LogP) is 2.93. The molecule has 0 unspecified atom stereocenters. The molecule has 0 radical (unpaired) electrons. The maximum atomic E-state index is 12.5. The Bertz CT molecular complexity index is 1040. The number of ether oxygens (including phenoxy) is 1. The van der Waals surface area contributed by atoms with Crippen molar-refractivity contribution in [2.45, 2.75) is 12.8 Å². The molecule has 0 aliphatic carbocycles. The van der Waals surface area contributed by atoms with Gasteiger partial charge in [0.15, 0.2) is 0 Å². The summed E-state index contributed by atoms with van der Waals surface area (Å²) in [5.41, 5.74) is 1.30. The monoisotopic (exact) mass is 487 g/mol. The fourth-order valence-electron chi connectivity index (χ4n) is 3.25. The summed E-state index contributed by atoms with van der Waals surface area (Å²) in [6, 6.07) is 11.9. The Morgan fingerprint density at radius 2 is 1.84 bits per heavy atom. The van der Waals surface area contributed by atoms with Crippen LogP contribution in [0.2, 0.25) is 0 Å². The Morgan fingerprint density at radius 3 is 2.58 bits per heavy atom. The number of nitrogens with zero attached hydrogens (tertiary/aromatic N) is 2. The average Bonchev–Trinajstić information content (AvgIpc) is 2.97. The smallest absolute Gasteiger partial charge is 0.261 e. The van der Waals surface area contributed by atoms with Crippen LogP contribution in [-0.2, 0) is 9.59 Å². The van der Waals surface area contributed by atoms with Gasteiger partial charge in [-0.05, 0) is 36.8 Å². The number of halogens is 1. The number of methoxy groups -OCH3 is 1. The first-order valence-corrected chi connectivity index (χ1v) is 10.4. The zero-order valence-corrected chi connectivity index (χ0v) is 18.8. The molecule has 0 atom stereocenters. The summed E-state index contributed by atoms with van der Waals surface area (Å²) in [5, 5.41) is 2.72. The van der Waals surface area contributed by atoms with Crippen molar-refractivity contribution >= 4 is 45.2 Å². The predicted molar refractivity (Wildman–Crippen MR) is 118 cm³/mol. The maximum Gasteiger partial charge on any atom is 0.261 e. The van der Waals surface area contributed by atoms with Crippen LogP contribution in [0.3, 0.4) is 0 Å². The van der Waals surface area contributed by atoms with Gasteiger partial charge in [-0.15, -0.1) is 0 Å². The topological polar surface area (TPSA) is 96.0 Å². The highest BCUT2D eigenvalue weighted by atomic mass is 79.9. The van der Waals surface area contributed by atoms with E-state index in [4.69, 9.17) is 4.74 Å². The summed E-state index contributed by atoms with van der Waals surface area (Å²) in [6.45, 7) is 0.0244. The van der Waals surface area contributed by atoms with Gasteiger partial charge in [-0.2, -0.15) is 0 Å². The van der Waals surface area contributed by atoms with Crippen LogP contribution in [-0.4, -0.2) is 60.7 Å². The number of benzene rings is 2. The summed E-state index contributed by atoms with van der Waals surface area (Å²) >= 11 is 3.30. The first kappa shape index (κ1) is 22.5. The largest absolute Gasteiger partial charge is 0.497 e. The lowest BCUT2D eigenvalue weighted by Gasteiger charge is -2.18. The van der Waals surface area contributed by atoms with E-state index in [1.165, 1.54) is 19.1 Å². The van der Waals surface area contributed by atoms with Crippen LogP contribution >= 0.6 is 15.9 Å². The van der Waals surface area contributed by atoms with Crippen LogP contribution < -0.4 is 10.1 Å². The standard InChI is InChI=1S/C22H22BrN3O5/c1-25(13-19(27)24-15-5-3-6-16(12-15)31-2)20(28)7-4-10-26-21(29)17-9-8-14(23)11-18(17)22(26)30/h3,5-6,8-9,11-12H,4,7,10,13H2,1-2H3,(H,24,27). The first-order valence-electron chi connectivity index (χ1n) is 9.63. The molecule has 0 saturated heterocycles. The minimum atomic E-state index is -0.361. The zero-order valence-electron chi connectivity index (χ0n) is 17.2. The molecule has 4 amide bonds. The minimum absolute atomic E-state index is 0.111. The van der Waals surface area contributed by atoms with Gasteiger partial charge >= 0.3 is 0 Å². The molecule has 2 aromatic carbocycles. The third-order valence-electron chi connectivity index (χ3n) is 4.87. The van der Waals surface area contributed by atoms with Gasteiger partial charge in [0.05, 0.1) is 24.8 Å². The molecule has 2 aromatic rings. The summed E-state index contributed by atoms with van der Waals surface area (Å²) < 4.78 is 5.83. The lowest BCUT2D eigenvalue weighted by atomic mass is 10.1. The van der Waals surface area contributed by atoms with Crippen LogP contribution in [0.5, 0.6) is 5.75 Å². The van der Waals surface area contributed by atoms with Gasteiger partial charge in [0.25, 0.3) is 11.8 Å². The van der Waals surface area contributed by atoms with Gasteiger partial charge in [0.1, 0.15) is 5.75 Å². The summed E-state index contributed by atoms with van der Waals surface area (Å²) in [7, 11) is 3.07. The molecule has 3 rings (SSSR count). The highest BCUT2D eigenvalue weighted by Crippen LogP contribution is 2.26. The Kier molecular flexibility index (Phi) is 7.06. The Morgan fingerprint density at radius 1 is 1.10 bits per heavy atom. The molecule has 1 aliphatic rings. The molecule has 0 bridgehead atoms. The summed E-state index contributed by atoms with van der Waals surface area (Å²) in [6.07, 6.45) is 0.424. The van der Waals surface area contributed by atoms with Crippen molar-refractivity contribution in [1.82, 2.24) is 9.80 Å². The number of imide groups is 1. The number of rotatable bonds is 8. The average molecular weight is 488 g/mol. The van der Waals surface area contributed by atoms with E-state index < -0.39 is 0 Å². The van der Waals surface area contributed by atoms with E-state index in [-0.39, 0.29) is 43.1 Å². The number of likely N-dealkylation sites (N-methyl/N-ethyl adjacent to an activating group) is 1. The molecule has 162 valence electrons. The number of amides is 4. The van der Waals surface area contributed by atoms with E-state index in [1.807, 2.05) is 0 Å². The Hall–Kier alpha value is -3.20. The van der Waals surface area contributed by atoms with Crippen LogP contribution in [0.15, 0.2) is 46.9 Å². The second-order valence-corrected chi connectivity index (χ2v) is 8.00. The third kappa shape index (κ3) is 5.29. The van der Waals surface area contributed by atoms with E-state index in [2.05, 4.69) is 21.2 Å². The molecule has 9 heteroatoms. The van der Waals surface area contributed by atoms with E-state index in [0.29, 0.717) is 29.0 Å². The highest BCUT2D eigenvalue weighted by molar-refractivity contribution is 9.10. The van der Waals surface area contributed by atoms with E-state index in [9.17, 15) is 19.2 Å². The molecular weight excluding hydrogens is 466 g/mol. The van der Waals surface area contributed by atoms with Gasteiger partial charge in [-0.3, -0.25) is 24.1 Å². The molecule has 31 heavy (non-hydrogen) atoms. The van der Waals surface area contributed by atoms with Crippen molar-refractivity contribution in [2.75, 3.05) is 32.6 Å². The van der Waals surface area contributed by atoms with Gasteiger partial charge in [-0.25, -0.2) is 0 Å². The number of nitrogens with one attached hydrogen (secondary N) is 1. The van der Waals surface area contributed by atoms with Crippen LogP contribution in [0, 0.1) is 0 Å². The van der Waals surface area contributed by atoms with Gasteiger partial charge < -0.3 is 15.0 Å². The number of fused-ring (bicyclic) bond motifs is 1. The molecular formula is C22H22BrN3O5. The zero-order chi connectivity index (χ0) is 22.5. The molecule has 0 saturated carbocycles. The fraction of sp³-hybridized carbons (Fsp3) is 0.273. The van der Waals surface area contributed by atoms with Crippen molar-refractivity contribution in [1.29, 1.82) is 0 Å². The van der Waals surface area contributed by atoms with Gasteiger partial charge in [0, 0.05) is 36.2 Å². The Labute approximate surface area is 188 Å². The SMILES string of the molecule is COc1cccc(NC(=O)CN(C)C(=O)CCCN2C(=O)c3ccc(Br)cc3C2=O)c1. The number of carbonyl (C=O) groups is 4. The van der Waals surface area contributed by atoms with Gasteiger partial charge in [-0.1, -0.05) is 22.0 Å². The quantitative estimate of drug-likeness (QED) is 0.577.